The van der Waals surface area contributed by atoms with Crippen LogP contribution in [0, 0.1) is 0 Å². The van der Waals surface area contributed by atoms with Gasteiger partial charge in [0.1, 0.15) is 0 Å². The Morgan fingerprint density at radius 2 is 2.12 bits per heavy atom. The van der Waals surface area contributed by atoms with Crippen LogP contribution in [-0.2, 0) is 10.0 Å². The Morgan fingerprint density at radius 3 is 2.75 bits per heavy atom. The zero-order chi connectivity index (χ0) is 12.0. The molecule has 96 valence electrons. The lowest BCUT2D eigenvalue weighted by atomic mass is 10.1. The minimum absolute atomic E-state index is 0.192. The molecule has 1 heterocycles. The molecule has 0 aromatic heterocycles. The van der Waals surface area contributed by atoms with Crippen molar-refractivity contribution in [3.8, 4) is 0 Å². The average Bonchev–Trinajstić information content (AvgIpc) is 2.25. The SMILES string of the molecule is CCNCCCS(=O)(=O)N1CCCCC1C. The van der Waals surface area contributed by atoms with Crippen LogP contribution in [-0.4, -0.2) is 44.2 Å². The molecule has 0 saturated carbocycles. The molecule has 0 aromatic carbocycles. The molecule has 16 heavy (non-hydrogen) atoms. The summed E-state index contributed by atoms with van der Waals surface area (Å²) in [4.78, 5) is 0. The van der Waals surface area contributed by atoms with Crippen molar-refractivity contribution in [1.82, 2.24) is 9.62 Å². The van der Waals surface area contributed by atoms with E-state index in [1.165, 1.54) is 0 Å². The van der Waals surface area contributed by atoms with Crippen LogP contribution in [0.4, 0.5) is 0 Å². The lowest BCUT2D eigenvalue weighted by Gasteiger charge is -2.32. The first-order chi connectivity index (χ1) is 7.58. The summed E-state index contributed by atoms with van der Waals surface area (Å²) in [6, 6.07) is 0.192. The monoisotopic (exact) mass is 248 g/mol. The van der Waals surface area contributed by atoms with E-state index in [-0.39, 0.29) is 11.8 Å². The Kier molecular flexibility index (Phi) is 5.72. The number of piperidine rings is 1. The summed E-state index contributed by atoms with van der Waals surface area (Å²) < 4.78 is 25.8. The van der Waals surface area contributed by atoms with Gasteiger partial charge in [0.05, 0.1) is 5.75 Å². The van der Waals surface area contributed by atoms with E-state index in [0.29, 0.717) is 13.0 Å². The molecule has 1 N–H and O–H groups in total. The number of hydrogen-bond donors (Lipinski definition) is 1. The highest BCUT2D eigenvalue weighted by molar-refractivity contribution is 7.89. The zero-order valence-electron chi connectivity index (χ0n) is 10.4. The number of hydrogen-bond acceptors (Lipinski definition) is 3. The third-order valence-electron chi connectivity index (χ3n) is 3.11. The van der Waals surface area contributed by atoms with Crippen LogP contribution >= 0.6 is 0 Å². The maximum atomic E-state index is 12.1. The van der Waals surface area contributed by atoms with Crippen LogP contribution in [0.25, 0.3) is 0 Å². The fourth-order valence-electron chi connectivity index (χ4n) is 2.16. The highest BCUT2D eigenvalue weighted by Crippen LogP contribution is 2.20. The fourth-order valence-corrected chi connectivity index (χ4v) is 3.96. The third kappa shape index (κ3) is 4.03. The number of rotatable bonds is 6. The highest BCUT2D eigenvalue weighted by Gasteiger charge is 2.28. The predicted molar refractivity (Wildman–Crippen MR) is 67.0 cm³/mol. The standard InChI is InChI=1S/C11H24N2O2S/c1-3-12-8-6-10-16(14,15)13-9-5-4-7-11(13)2/h11-12H,3-10H2,1-2H3. The molecule has 1 saturated heterocycles. The van der Waals surface area contributed by atoms with E-state index in [4.69, 9.17) is 0 Å². The highest BCUT2D eigenvalue weighted by atomic mass is 32.2. The van der Waals surface area contributed by atoms with Gasteiger partial charge in [0, 0.05) is 12.6 Å². The lowest BCUT2D eigenvalue weighted by molar-refractivity contribution is 0.268. The summed E-state index contributed by atoms with van der Waals surface area (Å²) in [6.07, 6.45) is 3.88. The van der Waals surface area contributed by atoms with Gasteiger partial charge in [-0.2, -0.15) is 4.31 Å². The van der Waals surface area contributed by atoms with Crippen molar-refractivity contribution in [2.24, 2.45) is 0 Å². The van der Waals surface area contributed by atoms with Gasteiger partial charge in [0.15, 0.2) is 0 Å². The fraction of sp³-hybridized carbons (Fsp3) is 1.00. The summed E-state index contributed by atoms with van der Waals surface area (Å²) in [7, 11) is -3.02. The zero-order valence-corrected chi connectivity index (χ0v) is 11.2. The number of sulfonamides is 1. The van der Waals surface area contributed by atoms with Gasteiger partial charge in [0.25, 0.3) is 0 Å². The molecule has 1 rings (SSSR count). The second-order valence-electron chi connectivity index (χ2n) is 4.48. The molecule has 1 unspecified atom stereocenters. The first-order valence-corrected chi connectivity index (χ1v) is 7.89. The molecule has 0 amide bonds. The van der Waals surface area contributed by atoms with Gasteiger partial charge >= 0.3 is 0 Å². The molecule has 1 aliphatic rings. The van der Waals surface area contributed by atoms with Gasteiger partial charge in [-0.05, 0) is 39.3 Å². The molecular weight excluding hydrogens is 224 g/mol. The predicted octanol–water partition coefficient (Wildman–Crippen LogP) is 1.19. The summed E-state index contributed by atoms with van der Waals surface area (Å²) >= 11 is 0. The maximum absolute atomic E-state index is 12.1. The number of nitrogens with one attached hydrogen (secondary N) is 1. The first-order valence-electron chi connectivity index (χ1n) is 6.28. The smallest absolute Gasteiger partial charge is 0.214 e. The molecule has 0 radical (unpaired) electrons. The van der Waals surface area contributed by atoms with E-state index in [1.54, 1.807) is 4.31 Å². The average molecular weight is 248 g/mol. The largest absolute Gasteiger partial charge is 0.317 e. The van der Waals surface area contributed by atoms with E-state index in [2.05, 4.69) is 5.32 Å². The second kappa shape index (κ2) is 6.57. The Morgan fingerprint density at radius 1 is 1.38 bits per heavy atom. The van der Waals surface area contributed by atoms with Crippen LogP contribution < -0.4 is 5.32 Å². The number of nitrogens with zero attached hydrogens (tertiary/aromatic N) is 1. The molecule has 4 nitrogen and oxygen atoms in total. The Balaban J connectivity index is 2.42. The topological polar surface area (TPSA) is 49.4 Å². The summed E-state index contributed by atoms with van der Waals surface area (Å²) in [5.74, 6) is 0.282. The minimum Gasteiger partial charge on any atom is -0.317 e. The van der Waals surface area contributed by atoms with Crippen molar-refractivity contribution in [3.05, 3.63) is 0 Å². The molecule has 0 bridgehead atoms. The molecule has 0 aromatic rings. The van der Waals surface area contributed by atoms with E-state index < -0.39 is 10.0 Å². The summed E-state index contributed by atoms with van der Waals surface area (Å²) in [5.41, 5.74) is 0. The molecule has 1 atom stereocenters. The molecular formula is C11H24N2O2S. The van der Waals surface area contributed by atoms with Crippen LogP contribution in [0.15, 0.2) is 0 Å². The van der Waals surface area contributed by atoms with E-state index in [1.807, 2.05) is 13.8 Å². The minimum atomic E-state index is -3.02. The summed E-state index contributed by atoms with van der Waals surface area (Å²) in [5, 5.41) is 3.15. The molecule has 1 aliphatic heterocycles. The van der Waals surface area contributed by atoms with Crippen LogP contribution in [0.5, 0.6) is 0 Å². The van der Waals surface area contributed by atoms with E-state index >= 15 is 0 Å². The van der Waals surface area contributed by atoms with Crippen LogP contribution in [0.2, 0.25) is 0 Å². The molecule has 0 aliphatic carbocycles. The lowest BCUT2D eigenvalue weighted by Crippen LogP contribution is -2.43. The molecule has 5 heteroatoms. The van der Waals surface area contributed by atoms with Gasteiger partial charge in [-0.25, -0.2) is 8.42 Å². The van der Waals surface area contributed by atoms with Crippen molar-refractivity contribution < 1.29 is 8.42 Å². The van der Waals surface area contributed by atoms with Crippen molar-refractivity contribution in [3.63, 3.8) is 0 Å². The van der Waals surface area contributed by atoms with Crippen LogP contribution in [0.3, 0.4) is 0 Å². The van der Waals surface area contributed by atoms with Gasteiger partial charge in [0.2, 0.25) is 10.0 Å². The normalized spacial score (nSPS) is 23.5. The Hall–Kier alpha value is -0.130. The van der Waals surface area contributed by atoms with Gasteiger partial charge in [-0.1, -0.05) is 13.3 Å². The summed E-state index contributed by atoms with van der Waals surface area (Å²) in [6.45, 7) is 6.45. The van der Waals surface area contributed by atoms with Crippen molar-refractivity contribution in [2.45, 2.75) is 45.6 Å². The molecule has 1 fully saturated rings. The quantitative estimate of drug-likeness (QED) is 0.718. The first kappa shape index (κ1) is 13.9. The van der Waals surface area contributed by atoms with Gasteiger partial charge in [-0.15, -0.1) is 0 Å². The van der Waals surface area contributed by atoms with Gasteiger partial charge in [-0.3, -0.25) is 0 Å². The van der Waals surface area contributed by atoms with E-state index in [0.717, 1.165) is 32.4 Å². The maximum Gasteiger partial charge on any atom is 0.214 e. The second-order valence-corrected chi connectivity index (χ2v) is 6.52. The van der Waals surface area contributed by atoms with Crippen molar-refractivity contribution >= 4 is 10.0 Å². The van der Waals surface area contributed by atoms with Crippen molar-refractivity contribution in [1.29, 1.82) is 0 Å². The molecule has 0 spiro atoms. The van der Waals surface area contributed by atoms with E-state index in [9.17, 15) is 8.42 Å². The Labute approximate surface area is 99.5 Å². The third-order valence-corrected chi connectivity index (χ3v) is 5.17. The Bertz CT molecular complexity index is 290. The van der Waals surface area contributed by atoms with Crippen LogP contribution in [0.1, 0.15) is 39.5 Å². The van der Waals surface area contributed by atoms with Crippen molar-refractivity contribution in [2.75, 3.05) is 25.4 Å². The van der Waals surface area contributed by atoms with Gasteiger partial charge < -0.3 is 5.32 Å².